The van der Waals surface area contributed by atoms with Crippen LogP contribution >= 0.6 is 0 Å². The molecule has 8 heavy (non-hydrogen) atoms. The maximum Gasteiger partial charge on any atom is 0.0919 e. The van der Waals surface area contributed by atoms with Gasteiger partial charge in [-0.05, 0) is 0 Å². The molecule has 0 atom stereocenters. The molecular weight excluding hydrogens is 114 g/mol. The van der Waals surface area contributed by atoms with Crippen LogP contribution in [-0.2, 0) is 4.74 Å². The van der Waals surface area contributed by atoms with Crippen molar-refractivity contribution in [3.8, 4) is 0 Å². The van der Waals surface area contributed by atoms with E-state index in [1.807, 2.05) is 0 Å². The Morgan fingerprint density at radius 3 is 1.38 bits per heavy atom. The molecule has 0 unspecified atom stereocenters. The van der Waals surface area contributed by atoms with E-state index < -0.39 is 13.3 Å². The Bertz CT molecular complexity index is 24.4. The Hall–Kier alpha value is -0.180. The zero-order chi connectivity index (χ0) is 6.83. The van der Waals surface area contributed by atoms with Gasteiger partial charge < -0.3 is 4.74 Å². The van der Waals surface area contributed by atoms with Gasteiger partial charge in [-0.15, -0.1) is 0 Å². The fraction of sp³-hybridized carbons (Fsp3) is 1.00. The van der Waals surface area contributed by atoms with Gasteiger partial charge in [0, 0.05) is 20.6 Å². The first-order valence-electron chi connectivity index (χ1n) is 2.35. The van der Waals surface area contributed by atoms with Crippen LogP contribution in [0.1, 0.15) is 6.42 Å². The lowest BCUT2D eigenvalue weighted by Gasteiger charge is -1.73. The van der Waals surface area contributed by atoms with Crippen molar-refractivity contribution in [2.45, 2.75) is 6.42 Å². The Balaban J connectivity index is 0. The molecule has 3 heteroatoms. The average Bonchev–Trinajstić information content (AvgIpc) is 1.71. The molecule has 0 N–H and O–H groups in total. The molecule has 0 saturated heterocycles. The van der Waals surface area contributed by atoms with Crippen molar-refractivity contribution in [3.05, 3.63) is 0 Å². The number of methoxy groups -OCH3 is 1. The smallest absolute Gasteiger partial charge is 0.0919 e. The predicted molar refractivity (Wildman–Crippen MR) is 29.5 cm³/mol. The summed E-state index contributed by atoms with van der Waals surface area (Å²) >= 11 is 0. The zero-order valence-corrected chi connectivity index (χ0v) is 5.29. The van der Waals surface area contributed by atoms with Gasteiger partial charge in [-0.1, -0.05) is 0 Å². The fourth-order valence-electron chi connectivity index (χ4n) is 0.0505. The molecule has 0 amide bonds. The largest absolute Gasteiger partial charge is 0.388 e. The van der Waals surface area contributed by atoms with Crippen molar-refractivity contribution in [2.75, 3.05) is 27.6 Å². The standard InChI is InChI=1S/C3H6F2.C2H6O/c4-2-1-3-5;1-3-2/h1-3H2;1-2H3. The minimum Gasteiger partial charge on any atom is -0.388 e. The summed E-state index contributed by atoms with van der Waals surface area (Å²) in [4.78, 5) is 0. The van der Waals surface area contributed by atoms with Crippen LogP contribution in [0.2, 0.25) is 0 Å². The summed E-state index contributed by atoms with van der Waals surface area (Å²) in [6, 6.07) is 0. The minimum atomic E-state index is -0.531. The monoisotopic (exact) mass is 126 g/mol. The van der Waals surface area contributed by atoms with Crippen molar-refractivity contribution < 1.29 is 13.5 Å². The summed E-state index contributed by atoms with van der Waals surface area (Å²) in [6.07, 6.45) is 0.0556. The third-order valence-electron chi connectivity index (χ3n) is 0.267. The quantitative estimate of drug-likeness (QED) is 0.545. The molecule has 0 heterocycles. The van der Waals surface area contributed by atoms with Crippen LogP contribution in [0.5, 0.6) is 0 Å². The maximum absolute atomic E-state index is 10.8. The molecule has 0 aliphatic rings. The van der Waals surface area contributed by atoms with Gasteiger partial charge in [0.1, 0.15) is 0 Å². The molecule has 0 aromatic carbocycles. The van der Waals surface area contributed by atoms with Gasteiger partial charge in [-0.2, -0.15) is 0 Å². The van der Waals surface area contributed by atoms with Gasteiger partial charge in [0.2, 0.25) is 0 Å². The molecule has 0 bridgehead atoms. The molecule has 1 nitrogen and oxygen atoms in total. The summed E-state index contributed by atoms with van der Waals surface area (Å²) in [6.45, 7) is -1.06. The normalized spacial score (nSPS) is 7.50. The van der Waals surface area contributed by atoms with E-state index in [1.165, 1.54) is 0 Å². The average molecular weight is 126 g/mol. The SMILES string of the molecule is COC.FCCCF. The van der Waals surface area contributed by atoms with Crippen molar-refractivity contribution in [1.29, 1.82) is 0 Å². The molecule has 0 rings (SSSR count). The number of ether oxygens (including phenoxy) is 1. The van der Waals surface area contributed by atoms with Gasteiger partial charge in [-0.3, -0.25) is 8.78 Å². The van der Waals surface area contributed by atoms with Crippen molar-refractivity contribution >= 4 is 0 Å². The Labute approximate surface area is 48.6 Å². The number of hydrogen-bond donors (Lipinski definition) is 0. The molecule has 0 aromatic heterocycles. The molecule has 0 fully saturated rings. The molecule has 0 saturated carbocycles. The maximum atomic E-state index is 10.8. The molecule has 0 aromatic rings. The first kappa shape index (κ1) is 10.7. The van der Waals surface area contributed by atoms with E-state index >= 15 is 0 Å². The second-order valence-electron chi connectivity index (χ2n) is 1.14. The third kappa shape index (κ3) is 40.8. The van der Waals surface area contributed by atoms with E-state index in [0.717, 1.165) is 0 Å². The van der Waals surface area contributed by atoms with E-state index in [-0.39, 0.29) is 6.42 Å². The lowest BCUT2D eigenvalue weighted by atomic mass is 10.5. The summed E-state index contributed by atoms with van der Waals surface area (Å²) in [5, 5.41) is 0. The van der Waals surface area contributed by atoms with Crippen LogP contribution in [0.4, 0.5) is 8.78 Å². The minimum absolute atomic E-state index is 0.0556. The Morgan fingerprint density at radius 1 is 1.12 bits per heavy atom. The van der Waals surface area contributed by atoms with E-state index in [9.17, 15) is 8.78 Å². The van der Waals surface area contributed by atoms with Crippen LogP contribution in [0, 0.1) is 0 Å². The molecule has 0 aliphatic heterocycles. The van der Waals surface area contributed by atoms with Crippen LogP contribution in [0.15, 0.2) is 0 Å². The predicted octanol–water partition coefficient (Wildman–Crippen LogP) is 1.58. The Kier molecular flexibility index (Phi) is 21.2. The van der Waals surface area contributed by atoms with Crippen LogP contribution in [0.25, 0.3) is 0 Å². The number of hydrogen-bond acceptors (Lipinski definition) is 1. The second kappa shape index (κ2) is 15.8. The third-order valence-corrected chi connectivity index (χ3v) is 0.267. The van der Waals surface area contributed by atoms with E-state index in [1.54, 1.807) is 14.2 Å². The summed E-state index contributed by atoms with van der Waals surface area (Å²) in [5.74, 6) is 0. The van der Waals surface area contributed by atoms with Crippen LogP contribution < -0.4 is 0 Å². The van der Waals surface area contributed by atoms with Crippen molar-refractivity contribution in [2.24, 2.45) is 0 Å². The first-order valence-corrected chi connectivity index (χ1v) is 2.35. The first-order chi connectivity index (χ1) is 3.83. The molecule has 0 spiro atoms. The lowest BCUT2D eigenvalue weighted by molar-refractivity contribution is 0.277. The van der Waals surface area contributed by atoms with Gasteiger partial charge in [-0.25, -0.2) is 0 Å². The van der Waals surface area contributed by atoms with Gasteiger partial charge >= 0.3 is 0 Å². The molecule has 0 aliphatic carbocycles. The highest BCUT2D eigenvalue weighted by Gasteiger charge is 1.75. The highest BCUT2D eigenvalue weighted by atomic mass is 19.1. The number of alkyl halides is 2. The zero-order valence-electron chi connectivity index (χ0n) is 5.29. The number of halogens is 2. The summed E-state index contributed by atoms with van der Waals surface area (Å²) in [7, 11) is 3.25. The topological polar surface area (TPSA) is 9.23 Å². The van der Waals surface area contributed by atoms with Gasteiger partial charge in [0.05, 0.1) is 13.3 Å². The van der Waals surface area contributed by atoms with E-state index in [2.05, 4.69) is 4.74 Å². The number of rotatable bonds is 2. The highest BCUT2D eigenvalue weighted by Crippen LogP contribution is 1.77. The van der Waals surface area contributed by atoms with Crippen LogP contribution in [0.3, 0.4) is 0 Å². The molecule has 52 valence electrons. The van der Waals surface area contributed by atoms with Crippen LogP contribution in [-0.4, -0.2) is 27.6 Å². The lowest BCUT2D eigenvalue weighted by Crippen LogP contribution is -1.73. The van der Waals surface area contributed by atoms with Gasteiger partial charge in [0.15, 0.2) is 0 Å². The molecular formula is C5H12F2O. The van der Waals surface area contributed by atoms with E-state index in [0.29, 0.717) is 0 Å². The Morgan fingerprint density at radius 2 is 1.38 bits per heavy atom. The summed E-state index contributed by atoms with van der Waals surface area (Å²) < 4.78 is 25.8. The van der Waals surface area contributed by atoms with Crippen molar-refractivity contribution in [3.63, 3.8) is 0 Å². The second-order valence-corrected chi connectivity index (χ2v) is 1.14. The van der Waals surface area contributed by atoms with E-state index in [4.69, 9.17) is 0 Å². The van der Waals surface area contributed by atoms with Gasteiger partial charge in [0.25, 0.3) is 0 Å². The van der Waals surface area contributed by atoms with Crippen molar-refractivity contribution in [1.82, 2.24) is 0 Å². The molecule has 0 radical (unpaired) electrons. The fourth-order valence-corrected chi connectivity index (χ4v) is 0.0505. The summed E-state index contributed by atoms with van der Waals surface area (Å²) in [5.41, 5.74) is 0. The highest BCUT2D eigenvalue weighted by molar-refractivity contribution is 4.23.